The quantitative estimate of drug-likeness (QED) is 0.333. The molecule has 0 bridgehead atoms. The molecule has 1 amide bonds. The molecule has 1 aliphatic rings. The van der Waals surface area contributed by atoms with Crippen LogP contribution >= 0.6 is 23.4 Å². The zero-order chi connectivity index (χ0) is 18.5. The van der Waals surface area contributed by atoms with Crippen LogP contribution in [-0.2, 0) is 4.79 Å². The summed E-state index contributed by atoms with van der Waals surface area (Å²) in [6.45, 7) is 2.07. The van der Waals surface area contributed by atoms with Crippen molar-refractivity contribution in [2.45, 2.75) is 5.16 Å². The monoisotopic (exact) mass is 393 g/mol. The lowest BCUT2D eigenvalue weighted by Crippen LogP contribution is -2.49. The molecular formula is C16H16ClN5O3S. The fourth-order valence-electron chi connectivity index (χ4n) is 2.68. The number of hydrogen-bond donors (Lipinski definition) is 0. The van der Waals surface area contributed by atoms with Gasteiger partial charge in [0.2, 0.25) is 5.91 Å². The van der Waals surface area contributed by atoms with Crippen molar-refractivity contribution in [3.8, 4) is 0 Å². The van der Waals surface area contributed by atoms with Crippen molar-refractivity contribution in [2.75, 3.05) is 36.8 Å². The number of carbonyl (C=O) groups is 1. The number of piperazine rings is 1. The largest absolute Gasteiger partial charge is 0.362 e. The summed E-state index contributed by atoms with van der Waals surface area (Å²) < 4.78 is 0. The molecule has 0 atom stereocenters. The topological polar surface area (TPSA) is 92.5 Å². The van der Waals surface area contributed by atoms with Crippen LogP contribution in [0, 0.1) is 10.1 Å². The Morgan fingerprint density at radius 2 is 1.92 bits per heavy atom. The third kappa shape index (κ3) is 4.41. The fraction of sp³-hybridized carbons (Fsp3) is 0.312. The molecule has 0 spiro atoms. The Kier molecular flexibility index (Phi) is 5.89. The normalized spacial score (nSPS) is 14.3. The van der Waals surface area contributed by atoms with Crippen molar-refractivity contribution >= 4 is 40.6 Å². The minimum atomic E-state index is -0.435. The van der Waals surface area contributed by atoms with E-state index in [1.54, 1.807) is 35.5 Å². The summed E-state index contributed by atoms with van der Waals surface area (Å²) in [7, 11) is 0. The van der Waals surface area contributed by atoms with Crippen molar-refractivity contribution in [3.63, 3.8) is 0 Å². The van der Waals surface area contributed by atoms with Gasteiger partial charge < -0.3 is 9.80 Å². The van der Waals surface area contributed by atoms with Gasteiger partial charge in [0.25, 0.3) is 5.69 Å². The zero-order valence-corrected chi connectivity index (χ0v) is 15.3. The summed E-state index contributed by atoms with van der Waals surface area (Å²) in [5.74, 6) is 0.276. The maximum Gasteiger partial charge on any atom is 0.294 e. The number of rotatable bonds is 5. The first-order valence-corrected chi connectivity index (χ1v) is 9.27. The molecule has 136 valence electrons. The van der Waals surface area contributed by atoms with E-state index in [0.717, 1.165) is 0 Å². The molecule has 0 unspecified atom stereocenters. The highest BCUT2D eigenvalue weighted by atomic mass is 35.5. The van der Waals surface area contributed by atoms with Crippen LogP contribution in [0.25, 0.3) is 0 Å². The molecule has 1 aromatic heterocycles. The summed E-state index contributed by atoms with van der Waals surface area (Å²) in [5, 5.41) is 12.1. The third-order valence-electron chi connectivity index (χ3n) is 3.97. The van der Waals surface area contributed by atoms with Crippen molar-refractivity contribution in [1.29, 1.82) is 0 Å². The van der Waals surface area contributed by atoms with Crippen LogP contribution in [0.1, 0.15) is 0 Å². The number of hydrogen-bond acceptors (Lipinski definition) is 7. The molecule has 26 heavy (non-hydrogen) atoms. The van der Waals surface area contributed by atoms with Gasteiger partial charge in [-0.25, -0.2) is 9.97 Å². The van der Waals surface area contributed by atoms with Crippen LogP contribution in [0.4, 0.5) is 11.4 Å². The van der Waals surface area contributed by atoms with Gasteiger partial charge >= 0.3 is 0 Å². The highest BCUT2D eigenvalue weighted by molar-refractivity contribution is 7.99. The summed E-state index contributed by atoms with van der Waals surface area (Å²) in [4.78, 5) is 35.0. The minimum absolute atomic E-state index is 0.00714. The number of thioether (sulfide) groups is 1. The first-order valence-electron chi connectivity index (χ1n) is 7.91. The smallest absolute Gasteiger partial charge is 0.294 e. The van der Waals surface area contributed by atoms with Crippen molar-refractivity contribution < 1.29 is 9.72 Å². The van der Waals surface area contributed by atoms with Gasteiger partial charge in [0.15, 0.2) is 5.16 Å². The maximum atomic E-state index is 12.3. The highest BCUT2D eigenvalue weighted by Crippen LogP contribution is 2.31. The van der Waals surface area contributed by atoms with Gasteiger partial charge in [-0.05, 0) is 18.2 Å². The van der Waals surface area contributed by atoms with Gasteiger partial charge in [-0.3, -0.25) is 14.9 Å². The number of nitro groups is 1. The lowest BCUT2D eigenvalue weighted by atomic mass is 10.2. The fourth-order valence-corrected chi connectivity index (χ4v) is 3.56. The molecule has 1 saturated heterocycles. The molecule has 0 aliphatic carbocycles. The molecule has 1 aliphatic heterocycles. The lowest BCUT2D eigenvalue weighted by Gasteiger charge is -2.35. The molecule has 0 radical (unpaired) electrons. The lowest BCUT2D eigenvalue weighted by molar-refractivity contribution is -0.384. The van der Waals surface area contributed by atoms with Gasteiger partial charge in [-0.15, -0.1) is 0 Å². The summed E-state index contributed by atoms with van der Waals surface area (Å²) in [6.07, 6.45) is 3.27. The van der Waals surface area contributed by atoms with E-state index in [4.69, 9.17) is 11.6 Å². The van der Waals surface area contributed by atoms with Crippen LogP contribution in [0.3, 0.4) is 0 Å². The Balaban J connectivity index is 1.57. The van der Waals surface area contributed by atoms with E-state index in [0.29, 0.717) is 42.0 Å². The number of nitro benzene ring substituents is 1. The number of anilines is 1. The molecule has 2 heterocycles. The van der Waals surface area contributed by atoms with Crippen molar-refractivity contribution in [3.05, 3.63) is 51.8 Å². The standard InChI is InChI=1S/C16H16ClN5O3S/c17-12-2-3-13(14(10-12)22(24)25)20-6-8-21(9-7-20)15(23)11-26-16-18-4-1-5-19-16/h1-5,10H,6-9,11H2. The Bertz CT molecular complexity index is 800. The Morgan fingerprint density at radius 3 is 2.58 bits per heavy atom. The van der Waals surface area contributed by atoms with Crippen LogP contribution in [-0.4, -0.2) is 57.6 Å². The van der Waals surface area contributed by atoms with E-state index in [9.17, 15) is 14.9 Å². The van der Waals surface area contributed by atoms with Gasteiger partial charge in [0.05, 0.1) is 10.7 Å². The predicted molar refractivity (Wildman–Crippen MR) is 99.7 cm³/mol. The molecule has 3 rings (SSSR count). The van der Waals surface area contributed by atoms with E-state index in [-0.39, 0.29) is 17.3 Å². The predicted octanol–water partition coefficient (Wildman–Crippen LogP) is 2.48. The van der Waals surface area contributed by atoms with Crippen LogP contribution in [0.5, 0.6) is 0 Å². The summed E-state index contributed by atoms with van der Waals surface area (Å²) in [6, 6.07) is 6.37. The Morgan fingerprint density at radius 1 is 1.23 bits per heavy atom. The molecule has 1 fully saturated rings. The number of benzene rings is 1. The number of carbonyl (C=O) groups excluding carboxylic acids is 1. The molecular weight excluding hydrogens is 378 g/mol. The molecule has 10 heteroatoms. The average Bonchev–Trinajstić information content (AvgIpc) is 2.67. The second kappa shape index (κ2) is 8.33. The Labute approximate surface area is 159 Å². The van der Waals surface area contributed by atoms with Gasteiger partial charge in [-0.1, -0.05) is 23.4 Å². The third-order valence-corrected chi connectivity index (χ3v) is 5.07. The SMILES string of the molecule is O=C(CSc1ncccn1)N1CCN(c2ccc(Cl)cc2[N+](=O)[O-])CC1. The Hall–Kier alpha value is -2.39. The highest BCUT2D eigenvalue weighted by Gasteiger charge is 2.26. The number of amides is 1. The molecule has 2 aromatic rings. The molecule has 8 nitrogen and oxygen atoms in total. The van der Waals surface area contributed by atoms with Gasteiger partial charge in [0, 0.05) is 49.7 Å². The second-order valence-electron chi connectivity index (χ2n) is 5.58. The zero-order valence-electron chi connectivity index (χ0n) is 13.7. The maximum absolute atomic E-state index is 12.3. The van der Waals surface area contributed by atoms with Crippen LogP contribution in [0.15, 0.2) is 41.8 Å². The van der Waals surface area contributed by atoms with Gasteiger partial charge in [0.1, 0.15) is 5.69 Å². The summed E-state index contributed by atoms with van der Waals surface area (Å²) >= 11 is 7.16. The van der Waals surface area contributed by atoms with E-state index < -0.39 is 4.92 Å². The number of halogens is 1. The summed E-state index contributed by atoms with van der Waals surface area (Å²) in [5.41, 5.74) is 0.507. The first kappa shape index (κ1) is 18.4. The van der Waals surface area contributed by atoms with Gasteiger partial charge in [-0.2, -0.15) is 0 Å². The van der Waals surface area contributed by atoms with E-state index in [1.807, 2.05) is 4.90 Å². The molecule has 1 aromatic carbocycles. The van der Waals surface area contributed by atoms with Crippen LogP contribution < -0.4 is 4.90 Å². The molecule has 0 saturated carbocycles. The van der Waals surface area contributed by atoms with E-state index in [1.165, 1.54) is 17.8 Å². The average molecular weight is 394 g/mol. The minimum Gasteiger partial charge on any atom is -0.362 e. The van der Waals surface area contributed by atoms with E-state index in [2.05, 4.69) is 9.97 Å². The van der Waals surface area contributed by atoms with Crippen molar-refractivity contribution in [1.82, 2.24) is 14.9 Å². The first-order chi connectivity index (χ1) is 12.5. The molecule has 0 N–H and O–H groups in total. The number of nitrogens with zero attached hydrogens (tertiary/aromatic N) is 5. The number of aromatic nitrogens is 2. The van der Waals surface area contributed by atoms with E-state index >= 15 is 0 Å². The van der Waals surface area contributed by atoms with Crippen LogP contribution in [0.2, 0.25) is 5.02 Å². The van der Waals surface area contributed by atoms with Crippen molar-refractivity contribution in [2.24, 2.45) is 0 Å². The second-order valence-corrected chi connectivity index (χ2v) is 6.96.